The van der Waals surface area contributed by atoms with Crippen LogP contribution in [0.15, 0.2) is 18.2 Å². The molecule has 1 heterocycles. The van der Waals surface area contributed by atoms with Gasteiger partial charge in [-0.05, 0) is 58.1 Å². The predicted octanol–water partition coefficient (Wildman–Crippen LogP) is 4.34. The fourth-order valence-electron chi connectivity index (χ4n) is 2.83. The van der Waals surface area contributed by atoms with Crippen LogP contribution < -0.4 is 4.74 Å². The second-order valence-electron chi connectivity index (χ2n) is 6.86. The first kappa shape index (κ1) is 17.6. The Morgan fingerprint density at radius 1 is 1.30 bits per heavy atom. The molecule has 1 aliphatic rings. The molecule has 1 saturated heterocycles. The van der Waals surface area contributed by atoms with Gasteiger partial charge in [0.25, 0.3) is 0 Å². The molecule has 1 fully saturated rings. The molecule has 23 heavy (non-hydrogen) atoms. The Bertz CT molecular complexity index is 546. The fraction of sp³-hybridized carbons (Fsp3) is 0.611. The molecule has 5 heteroatoms. The third-order valence-electron chi connectivity index (χ3n) is 3.86. The summed E-state index contributed by atoms with van der Waals surface area (Å²) >= 11 is 0. The minimum Gasteiger partial charge on any atom is -0.493 e. The van der Waals surface area contributed by atoms with Crippen molar-refractivity contribution in [1.82, 2.24) is 4.90 Å². The maximum absolute atomic E-state index is 13.4. The summed E-state index contributed by atoms with van der Waals surface area (Å²) in [7, 11) is 0. The first-order valence-corrected chi connectivity index (χ1v) is 8.20. The Morgan fingerprint density at radius 2 is 1.96 bits per heavy atom. The highest BCUT2D eigenvalue weighted by atomic mass is 19.1. The van der Waals surface area contributed by atoms with Crippen LogP contribution in [0.4, 0.5) is 9.18 Å². The number of piperidine rings is 1. The van der Waals surface area contributed by atoms with Gasteiger partial charge in [-0.2, -0.15) is 0 Å². The molecular weight excluding hydrogens is 297 g/mol. The normalized spacial score (nSPS) is 16.3. The van der Waals surface area contributed by atoms with Gasteiger partial charge >= 0.3 is 6.09 Å². The van der Waals surface area contributed by atoms with Crippen LogP contribution in [0, 0.1) is 5.82 Å². The highest BCUT2D eigenvalue weighted by molar-refractivity contribution is 5.68. The lowest BCUT2D eigenvalue weighted by molar-refractivity contribution is 0.0204. The molecule has 4 nitrogen and oxygen atoms in total. The molecule has 1 aromatic carbocycles. The molecule has 0 aliphatic carbocycles. The molecule has 128 valence electrons. The Morgan fingerprint density at radius 3 is 2.52 bits per heavy atom. The van der Waals surface area contributed by atoms with Gasteiger partial charge < -0.3 is 14.4 Å². The van der Waals surface area contributed by atoms with Crippen LogP contribution in [-0.2, 0) is 4.74 Å². The van der Waals surface area contributed by atoms with E-state index in [9.17, 15) is 9.18 Å². The van der Waals surface area contributed by atoms with Gasteiger partial charge in [-0.1, -0.05) is 6.07 Å². The Kier molecular flexibility index (Phi) is 5.50. The number of amides is 1. The average molecular weight is 323 g/mol. The number of nitrogens with zero attached hydrogens (tertiary/aromatic N) is 1. The van der Waals surface area contributed by atoms with Crippen LogP contribution in [0.2, 0.25) is 0 Å². The number of likely N-dealkylation sites (tertiary alicyclic amines) is 1. The maximum Gasteiger partial charge on any atom is 0.410 e. The van der Waals surface area contributed by atoms with Gasteiger partial charge in [0, 0.05) is 19.2 Å². The van der Waals surface area contributed by atoms with E-state index in [1.807, 2.05) is 27.7 Å². The highest BCUT2D eigenvalue weighted by Gasteiger charge is 2.28. The number of ether oxygens (including phenoxy) is 2. The van der Waals surface area contributed by atoms with Crippen molar-refractivity contribution in [3.63, 3.8) is 0 Å². The number of hydrogen-bond donors (Lipinski definition) is 0. The number of carbonyl (C=O) groups is 1. The lowest BCUT2D eigenvalue weighted by Gasteiger charge is -2.34. The average Bonchev–Trinajstić information content (AvgIpc) is 2.46. The second kappa shape index (κ2) is 7.20. The van der Waals surface area contributed by atoms with E-state index in [0.29, 0.717) is 25.4 Å². The molecule has 0 saturated carbocycles. The monoisotopic (exact) mass is 323 g/mol. The largest absolute Gasteiger partial charge is 0.493 e. The molecular formula is C18H26FNO3. The molecule has 1 aromatic rings. The van der Waals surface area contributed by atoms with E-state index in [1.54, 1.807) is 11.0 Å². The van der Waals surface area contributed by atoms with Crippen LogP contribution in [0.25, 0.3) is 0 Å². The summed E-state index contributed by atoms with van der Waals surface area (Å²) < 4.78 is 24.4. The number of carbonyl (C=O) groups excluding carboxylic acids is 1. The van der Waals surface area contributed by atoms with E-state index in [2.05, 4.69) is 0 Å². The molecule has 2 rings (SSSR count). The predicted molar refractivity (Wildman–Crippen MR) is 87.4 cm³/mol. The van der Waals surface area contributed by atoms with Crippen LogP contribution in [0.1, 0.15) is 52.0 Å². The summed E-state index contributed by atoms with van der Waals surface area (Å²) in [6, 6.07) is 4.71. The van der Waals surface area contributed by atoms with Gasteiger partial charge in [-0.25, -0.2) is 9.18 Å². The minimum atomic E-state index is -0.479. The van der Waals surface area contributed by atoms with Crippen molar-refractivity contribution in [3.05, 3.63) is 29.6 Å². The smallest absolute Gasteiger partial charge is 0.410 e. The van der Waals surface area contributed by atoms with E-state index in [1.165, 1.54) is 12.1 Å². The third kappa shape index (κ3) is 4.85. The van der Waals surface area contributed by atoms with E-state index in [-0.39, 0.29) is 17.8 Å². The van der Waals surface area contributed by atoms with Crippen LogP contribution in [0.3, 0.4) is 0 Å². The first-order valence-electron chi connectivity index (χ1n) is 8.20. The standard InChI is InChI=1S/C18H26FNO3/c1-5-22-16-12-14(19)6-7-15(16)13-8-10-20(11-9-13)17(21)23-18(2,3)4/h6-7,12-13H,5,8-11H2,1-4H3. The van der Waals surface area contributed by atoms with Gasteiger partial charge in [0.15, 0.2) is 0 Å². The number of halogens is 1. The summed E-state index contributed by atoms with van der Waals surface area (Å²) in [5.41, 5.74) is 0.546. The molecule has 0 aromatic heterocycles. The molecule has 0 N–H and O–H groups in total. The van der Waals surface area contributed by atoms with Crippen molar-refractivity contribution in [1.29, 1.82) is 0 Å². The molecule has 1 amide bonds. The second-order valence-corrected chi connectivity index (χ2v) is 6.86. The Hall–Kier alpha value is -1.78. The SMILES string of the molecule is CCOc1cc(F)ccc1C1CCN(C(=O)OC(C)(C)C)CC1. The first-order chi connectivity index (χ1) is 10.8. The van der Waals surface area contributed by atoms with Gasteiger partial charge in [-0.15, -0.1) is 0 Å². The summed E-state index contributed by atoms with van der Waals surface area (Å²) in [6.45, 7) is 9.28. The lowest BCUT2D eigenvalue weighted by Crippen LogP contribution is -2.41. The maximum atomic E-state index is 13.4. The van der Waals surface area contributed by atoms with E-state index >= 15 is 0 Å². The Labute approximate surface area is 137 Å². The van der Waals surface area contributed by atoms with E-state index < -0.39 is 5.60 Å². The van der Waals surface area contributed by atoms with E-state index in [0.717, 1.165) is 18.4 Å². The molecule has 0 bridgehead atoms. The van der Waals surface area contributed by atoms with Crippen molar-refractivity contribution in [3.8, 4) is 5.75 Å². The lowest BCUT2D eigenvalue weighted by atomic mass is 9.89. The summed E-state index contributed by atoms with van der Waals surface area (Å²) in [5.74, 6) is 0.599. The van der Waals surface area contributed by atoms with Gasteiger partial charge in [0.05, 0.1) is 6.61 Å². The molecule has 0 unspecified atom stereocenters. The zero-order valence-electron chi connectivity index (χ0n) is 14.4. The summed E-state index contributed by atoms with van der Waals surface area (Å²) in [4.78, 5) is 13.8. The molecule has 1 aliphatic heterocycles. The zero-order valence-corrected chi connectivity index (χ0v) is 14.4. The van der Waals surface area contributed by atoms with Crippen LogP contribution in [0.5, 0.6) is 5.75 Å². The number of hydrogen-bond acceptors (Lipinski definition) is 3. The van der Waals surface area contributed by atoms with Gasteiger partial charge in [-0.3, -0.25) is 0 Å². The van der Waals surface area contributed by atoms with Gasteiger partial charge in [0.2, 0.25) is 0 Å². The highest BCUT2D eigenvalue weighted by Crippen LogP contribution is 2.35. The molecule has 0 spiro atoms. The topological polar surface area (TPSA) is 38.8 Å². The van der Waals surface area contributed by atoms with Crippen molar-refractivity contribution >= 4 is 6.09 Å². The summed E-state index contributed by atoms with van der Waals surface area (Å²) in [5, 5.41) is 0. The number of benzene rings is 1. The van der Waals surface area contributed by atoms with E-state index in [4.69, 9.17) is 9.47 Å². The van der Waals surface area contributed by atoms with Crippen molar-refractivity contribution in [2.45, 2.75) is 52.1 Å². The van der Waals surface area contributed by atoms with Crippen molar-refractivity contribution in [2.75, 3.05) is 19.7 Å². The third-order valence-corrected chi connectivity index (χ3v) is 3.86. The van der Waals surface area contributed by atoms with Crippen LogP contribution >= 0.6 is 0 Å². The van der Waals surface area contributed by atoms with Crippen molar-refractivity contribution in [2.24, 2.45) is 0 Å². The minimum absolute atomic E-state index is 0.264. The summed E-state index contributed by atoms with van der Waals surface area (Å²) in [6.07, 6.45) is 1.38. The van der Waals surface area contributed by atoms with Gasteiger partial charge in [0.1, 0.15) is 17.2 Å². The quantitative estimate of drug-likeness (QED) is 0.830. The molecule has 0 atom stereocenters. The zero-order chi connectivity index (χ0) is 17.0. The molecule has 0 radical (unpaired) electrons. The van der Waals surface area contributed by atoms with Crippen molar-refractivity contribution < 1.29 is 18.7 Å². The Balaban J connectivity index is 2.01. The van der Waals surface area contributed by atoms with Crippen LogP contribution in [-0.4, -0.2) is 36.3 Å². The fourth-order valence-corrected chi connectivity index (χ4v) is 2.83. The number of rotatable bonds is 3.